The molecule has 7 nitrogen and oxygen atoms in total. The van der Waals surface area contributed by atoms with Gasteiger partial charge < -0.3 is 14.3 Å². The van der Waals surface area contributed by atoms with Crippen LogP contribution in [0.5, 0.6) is 0 Å². The molecule has 0 atom stereocenters. The molecule has 1 saturated heterocycles. The van der Waals surface area contributed by atoms with E-state index in [1.165, 1.54) is 0 Å². The van der Waals surface area contributed by atoms with Gasteiger partial charge >= 0.3 is 0 Å². The van der Waals surface area contributed by atoms with Gasteiger partial charge in [0.2, 0.25) is 17.6 Å². The van der Waals surface area contributed by atoms with Crippen LogP contribution in [0.4, 0.5) is 5.82 Å². The molecule has 0 N–H and O–H groups in total. The highest BCUT2D eigenvalue weighted by molar-refractivity contribution is 7.13. The monoisotopic (exact) mass is 369 g/mol. The molecule has 0 aromatic carbocycles. The van der Waals surface area contributed by atoms with Gasteiger partial charge in [0.05, 0.1) is 4.88 Å². The molecule has 0 bridgehead atoms. The lowest BCUT2D eigenvalue weighted by atomic mass is 10.2. The van der Waals surface area contributed by atoms with Gasteiger partial charge in [0, 0.05) is 45.2 Å². The maximum Gasteiger partial charge on any atom is 0.227 e. The zero-order valence-corrected chi connectivity index (χ0v) is 15.1. The van der Waals surface area contributed by atoms with Gasteiger partial charge in [-0.3, -0.25) is 4.79 Å². The van der Waals surface area contributed by atoms with E-state index in [-0.39, 0.29) is 5.91 Å². The summed E-state index contributed by atoms with van der Waals surface area (Å²) >= 11 is 1.56. The average molecular weight is 369 g/mol. The number of amides is 1. The maximum atomic E-state index is 12.5. The van der Waals surface area contributed by atoms with Crippen molar-refractivity contribution in [2.75, 3.05) is 31.1 Å². The summed E-state index contributed by atoms with van der Waals surface area (Å²) in [7, 11) is 0. The van der Waals surface area contributed by atoms with Gasteiger partial charge in [-0.2, -0.15) is 4.98 Å². The highest BCUT2D eigenvalue weighted by Crippen LogP contribution is 2.21. The molecule has 4 rings (SSSR count). The number of aromatic nitrogens is 3. The zero-order chi connectivity index (χ0) is 17.8. The Bertz CT molecular complexity index is 842. The Hall–Kier alpha value is -2.74. The fourth-order valence-electron chi connectivity index (χ4n) is 2.96. The summed E-state index contributed by atoms with van der Waals surface area (Å²) in [5.74, 6) is 2.19. The number of carbonyl (C=O) groups excluding carboxylic acids is 1. The SMILES string of the molecule is O=C(CCc1nc(-c2cccs2)no1)N1CCN(c2ccccn2)CC1. The van der Waals surface area contributed by atoms with Crippen LogP contribution >= 0.6 is 11.3 Å². The van der Waals surface area contributed by atoms with E-state index in [4.69, 9.17) is 4.52 Å². The average Bonchev–Trinajstić information content (AvgIpc) is 3.38. The number of hydrogen-bond acceptors (Lipinski definition) is 7. The first kappa shape index (κ1) is 16.7. The van der Waals surface area contributed by atoms with E-state index in [1.54, 1.807) is 17.5 Å². The maximum absolute atomic E-state index is 12.5. The van der Waals surface area contributed by atoms with Crippen molar-refractivity contribution in [3.63, 3.8) is 0 Å². The summed E-state index contributed by atoms with van der Waals surface area (Å²) in [6, 6.07) is 9.79. The Morgan fingerprint density at radius 3 is 2.77 bits per heavy atom. The summed E-state index contributed by atoms with van der Waals surface area (Å²) < 4.78 is 5.26. The minimum atomic E-state index is 0.126. The Kier molecular flexibility index (Phi) is 4.92. The Morgan fingerprint density at radius 1 is 1.15 bits per heavy atom. The van der Waals surface area contributed by atoms with Crippen molar-refractivity contribution in [1.29, 1.82) is 0 Å². The lowest BCUT2D eigenvalue weighted by Crippen LogP contribution is -2.49. The molecular weight excluding hydrogens is 350 g/mol. The number of hydrogen-bond donors (Lipinski definition) is 0. The second-order valence-electron chi connectivity index (χ2n) is 6.04. The van der Waals surface area contributed by atoms with Crippen molar-refractivity contribution in [1.82, 2.24) is 20.0 Å². The van der Waals surface area contributed by atoms with Gasteiger partial charge in [0.15, 0.2) is 0 Å². The van der Waals surface area contributed by atoms with E-state index in [9.17, 15) is 4.79 Å². The second kappa shape index (κ2) is 7.65. The molecule has 0 spiro atoms. The number of nitrogens with zero attached hydrogens (tertiary/aromatic N) is 5. The number of rotatable bonds is 5. The third-order valence-corrected chi connectivity index (χ3v) is 5.23. The van der Waals surface area contributed by atoms with Crippen LogP contribution in [0.25, 0.3) is 10.7 Å². The minimum Gasteiger partial charge on any atom is -0.353 e. The summed E-state index contributed by atoms with van der Waals surface area (Å²) in [4.78, 5) is 26.3. The van der Waals surface area contributed by atoms with Gasteiger partial charge in [-0.25, -0.2) is 4.98 Å². The van der Waals surface area contributed by atoms with Crippen LogP contribution in [0.2, 0.25) is 0 Å². The Labute approximate surface area is 155 Å². The predicted octanol–water partition coefficient (Wildman–Crippen LogP) is 2.47. The molecule has 0 radical (unpaired) electrons. The number of carbonyl (C=O) groups is 1. The third-order valence-electron chi connectivity index (χ3n) is 4.37. The molecule has 134 valence electrons. The molecule has 1 aliphatic heterocycles. The first-order chi connectivity index (χ1) is 12.8. The molecule has 3 aromatic rings. The van der Waals surface area contributed by atoms with Crippen molar-refractivity contribution in [2.24, 2.45) is 0 Å². The molecule has 3 aromatic heterocycles. The molecule has 26 heavy (non-hydrogen) atoms. The fraction of sp³-hybridized carbons (Fsp3) is 0.333. The lowest BCUT2D eigenvalue weighted by molar-refractivity contribution is -0.131. The Balaban J connectivity index is 1.27. The van der Waals surface area contributed by atoms with Gasteiger partial charge in [-0.15, -0.1) is 11.3 Å². The topological polar surface area (TPSA) is 75.4 Å². The van der Waals surface area contributed by atoms with Crippen LogP contribution in [0.15, 0.2) is 46.4 Å². The number of anilines is 1. The van der Waals surface area contributed by atoms with Crippen LogP contribution in [-0.2, 0) is 11.2 Å². The minimum absolute atomic E-state index is 0.126. The van der Waals surface area contributed by atoms with Crippen molar-refractivity contribution in [3.05, 3.63) is 47.8 Å². The van der Waals surface area contributed by atoms with Crippen LogP contribution < -0.4 is 4.90 Å². The number of aryl methyl sites for hydroxylation is 1. The molecule has 0 aliphatic carbocycles. The molecule has 0 saturated carbocycles. The summed E-state index contributed by atoms with van der Waals surface area (Å²) in [6.45, 7) is 3.01. The molecule has 1 fully saturated rings. The Morgan fingerprint density at radius 2 is 2.04 bits per heavy atom. The van der Waals surface area contributed by atoms with Gasteiger partial charge in [0.25, 0.3) is 0 Å². The molecule has 1 aliphatic rings. The summed E-state index contributed by atoms with van der Waals surface area (Å²) in [5.41, 5.74) is 0. The predicted molar refractivity (Wildman–Crippen MR) is 99.0 cm³/mol. The van der Waals surface area contributed by atoms with Crippen LogP contribution in [-0.4, -0.2) is 52.1 Å². The van der Waals surface area contributed by atoms with Crippen molar-refractivity contribution in [3.8, 4) is 10.7 Å². The van der Waals surface area contributed by atoms with E-state index in [1.807, 2.05) is 40.6 Å². The fourth-order valence-corrected chi connectivity index (χ4v) is 3.61. The zero-order valence-electron chi connectivity index (χ0n) is 14.2. The molecular formula is C18H19N5O2S. The second-order valence-corrected chi connectivity index (χ2v) is 6.99. The normalized spacial score (nSPS) is 14.6. The molecule has 1 amide bonds. The van der Waals surface area contributed by atoms with E-state index >= 15 is 0 Å². The largest absolute Gasteiger partial charge is 0.353 e. The first-order valence-electron chi connectivity index (χ1n) is 8.60. The third kappa shape index (κ3) is 3.75. The van der Waals surface area contributed by atoms with E-state index in [2.05, 4.69) is 20.0 Å². The van der Waals surface area contributed by atoms with Crippen LogP contribution in [0.3, 0.4) is 0 Å². The highest BCUT2D eigenvalue weighted by Gasteiger charge is 2.22. The van der Waals surface area contributed by atoms with E-state index in [0.717, 1.165) is 23.8 Å². The van der Waals surface area contributed by atoms with Crippen molar-refractivity contribution >= 4 is 23.1 Å². The van der Waals surface area contributed by atoms with Crippen LogP contribution in [0.1, 0.15) is 12.3 Å². The smallest absolute Gasteiger partial charge is 0.227 e. The van der Waals surface area contributed by atoms with Crippen molar-refractivity contribution in [2.45, 2.75) is 12.8 Å². The highest BCUT2D eigenvalue weighted by atomic mass is 32.1. The number of pyridine rings is 1. The summed E-state index contributed by atoms with van der Waals surface area (Å²) in [5, 5.41) is 5.95. The number of thiophene rings is 1. The molecule has 8 heteroatoms. The molecule has 0 unspecified atom stereocenters. The summed E-state index contributed by atoms with van der Waals surface area (Å²) in [6.07, 6.45) is 2.65. The molecule has 4 heterocycles. The van der Waals surface area contributed by atoms with Crippen molar-refractivity contribution < 1.29 is 9.32 Å². The van der Waals surface area contributed by atoms with Crippen LogP contribution in [0, 0.1) is 0 Å². The lowest BCUT2D eigenvalue weighted by Gasteiger charge is -2.35. The quantitative estimate of drug-likeness (QED) is 0.688. The van der Waals surface area contributed by atoms with Gasteiger partial charge in [-0.05, 0) is 23.6 Å². The van der Waals surface area contributed by atoms with Gasteiger partial charge in [-0.1, -0.05) is 17.3 Å². The first-order valence-corrected chi connectivity index (χ1v) is 9.48. The standard InChI is InChI=1S/C18H19N5O2S/c24-17(7-6-16-20-18(21-25-16)14-4-3-13-26-14)23-11-9-22(10-12-23)15-5-1-2-8-19-15/h1-5,8,13H,6-7,9-12H2. The number of piperazine rings is 1. The van der Waals surface area contributed by atoms with Gasteiger partial charge in [0.1, 0.15) is 5.82 Å². The van der Waals surface area contributed by atoms with E-state index < -0.39 is 0 Å². The van der Waals surface area contributed by atoms with E-state index in [0.29, 0.717) is 37.6 Å².